The first-order valence-electron chi connectivity index (χ1n) is 8.69. The largest absolute Gasteiger partial charge is 0.350 e. The molecule has 1 radical (unpaired) electrons. The Labute approximate surface area is 186 Å². The predicted molar refractivity (Wildman–Crippen MR) is 117 cm³/mol. The lowest BCUT2D eigenvalue weighted by atomic mass is 10.2. The first-order chi connectivity index (χ1) is 14.7. The van der Waals surface area contributed by atoms with Gasteiger partial charge in [0.2, 0.25) is 0 Å². The van der Waals surface area contributed by atoms with Gasteiger partial charge in [-0.3, -0.25) is 4.72 Å². The second-order valence-corrected chi connectivity index (χ2v) is 8.95. The lowest BCUT2D eigenvalue weighted by Gasteiger charge is -2.10. The zero-order valence-electron chi connectivity index (χ0n) is 15.8. The molecule has 3 N–H and O–H groups in total. The van der Waals surface area contributed by atoms with Crippen molar-refractivity contribution in [1.82, 2.24) is 19.7 Å². The van der Waals surface area contributed by atoms with Crippen LogP contribution in [0.2, 0.25) is 10.0 Å². The van der Waals surface area contributed by atoms with E-state index in [9.17, 15) is 13.2 Å². The highest BCUT2D eigenvalue weighted by Gasteiger charge is 2.19. The van der Waals surface area contributed by atoms with Gasteiger partial charge in [0.05, 0.1) is 16.1 Å². The second-order valence-electron chi connectivity index (χ2n) is 6.45. The molecule has 2 heterocycles. The number of hydrogen-bond donors (Lipinski definition) is 2. The van der Waals surface area contributed by atoms with Crippen molar-refractivity contribution in [2.45, 2.75) is 11.8 Å². The molecule has 0 saturated heterocycles. The summed E-state index contributed by atoms with van der Waals surface area (Å²) in [5.41, 5.74) is 6.99. The Hall–Kier alpha value is -3.21. The average molecular weight is 476 g/mol. The van der Waals surface area contributed by atoms with Crippen molar-refractivity contribution in [3.63, 3.8) is 0 Å². The number of nitrogens with zero attached hydrogens (tertiary/aromatic N) is 4. The van der Waals surface area contributed by atoms with E-state index >= 15 is 0 Å². The number of fused-ring (bicyclic) bond motifs is 1. The number of carbonyl (C=O) groups is 1. The van der Waals surface area contributed by atoms with Gasteiger partial charge in [-0.05, 0) is 49.4 Å². The van der Waals surface area contributed by atoms with Crippen molar-refractivity contribution in [3.05, 3.63) is 64.4 Å². The van der Waals surface area contributed by atoms with Crippen LogP contribution in [0.1, 0.15) is 5.69 Å². The number of rotatable bonds is 4. The number of nitrogens with two attached hydrogens (primary N) is 1. The molecule has 0 spiro atoms. The fourth-order valence-electron chi connectivity index (χ4n) is 2.85. The standard InChI is InChI=1S/C19H13Cl2N6O3S/c1-10-14-9-23-27(19(22)28)18(14)25-17(24-10)11-2-5-13(6-3-11)26-31(29,30)16-8-12(20)4-7-15(16)21/h2-8,26H,1H3,(H2,22,28). The molecule has 0 atom stereocenters. The van der Waals surface area contributed by atoms with Crippen LogP contribution in [0.3, 0.4) is 0 Å². The van der Waals surface area contributed by atoms with Gasteiger partial charge in [0.1, 0.15) is 11.1 Å². The van der Waals surface area contributed by atoms with E-state index in [2.05, 4.69) is 26.0 Å². The summed E-state index contributed by atoms with van der Waals surface area (Å²) in [7, 11) is -3.95. The van der Waals surface area contributed by atoms with E-state index in [1.165, 1.54) is 18.2 Å². The molecule has 9 nitrogen and oxygen atoms in total. The monoisotopic (exact) mass is 475 g/mol. The van der Waals surface area contributed by atoms with E-state index in [-0.39, 0.29) is 20.6 Å². The van der Waals surface area contributed by atoms with Crippen LogP contribution in [-0.2, 0) is 10.0 Å². The minimum Gasteiger partial charge on any atom is -0.350 e. The van der Waals surface area contributed by atoms with E-state index in [4.69, 9.17) is 28.9 Å². The number of sulfonamides is 1. The van der Waals surface area contributed by atoms with Crippen molar-refractivity contribution >= 4 is 56.0 Å². The van der Waals surface area contributed by atoms with E-state index in [0.717, 1.165) is 4.68 Å². The Morgan fingerprint density at radius 2 is 1.84 bits per heavy atom. The van der Waals surface area contributed by atoms with Crippen molar-refractivity contribution in [2.24, 2.45) is 5.73 Å². The third-order valence-corrected chi connectivity index (χ3v) is 6.42. The van der Waals surface area contributed by atoms with Crippen LogP contribution in [0.4, 0.5) is 10.5 Å². The lowest BCUT2D eigenvalue weighted by molar-refractivity contribution is 0.248. The number of benzene rings is 2. The maximum absolute atomic E-state index is 12.7. The molecule has 0 aliphatic carbocycles. The highest BCUT2D eigenvalue weighted by Crippen LogP contribution is 2.28. The summed E-state index contributed by atoms with van der Waals surface area (Å²) in [6.07, 6.45) is 2.67. The summed E-state index contributed by atoms with van der Waals surface area (Å²) in [4.78, 5) is 20.1. The van der Waals surface area contributed by atoms with Gasteiger partial charge in [-0.25, -0.2) is 23.2 Å². The summed E-state index contributed by atoms with van der Waals surface area (Å²) < 4.78 is 28.7. The van der Waals surface area contributed by atoms with Gasteiger partial charge in [-0.1, -0.05) is 23.2 Å². The van der Waals surface area contributed by atoms with Gasteiger partial charge in [0.25, 0.3) is 10.0 Å². The van der Waals surface area contributed by atoms with Crippen molar-refractivity contribution in [2.75, 3.05) is 4.72 Å². The molecule has 0 bridgehead atoms. The molecular weight excluding hydrogens is 463 g/mol. The molecule has 2 aromatic heterocycles. The molecule has 12 heteroatoms. The molecule has 1 amide bonds. The van der Waals surface area contributed by atoms with Gasteiger partial charge in [0.15, 0.2) is 11.5 Å². The second kappa shape index (κ2) is 7.80. The van der Waals surface area contributed by atoms with Crippen molar-refractivity contribution < 1.29 is 13.2 Å². The molecule has 0 aliphatic heterocycles. The Balaban J connectivity index is 1.66. The van der Waals surface area contributed by atoms with Crippen molar-refractivity contribution in [3.8, 4) is 11.4 Å². The fraction of sp³-hybridized carbons (Fsp3) is 0.0526. The highest BCUT2D eigenvalue weighted by atomic mass is 35.5. The van der Waals surface area contributed by atoms with Crippen LogP contribution in [0.25, 0.3) is 22.4 Å². The lowest BCUT2D eigenvalue weighted by Crippen LogP contribution is -2.21. The van der Waals surface area contributed by atoms with E-state index < -0.39 is 16.1 Å². The third-order valence-electron chi connectivity index (χ3n) is 4.32. The normalized spacial score (nSPS) is 11.6. The van der Waals surface area contributed by atoms with Crippen molar-refractivity contribution in [1.29, 1.82) is 0 Å². The third kappa shape index (κ3) is 4.05. The molecule has 31 heavy (non-hydrogen) atoms. The smallest absolute Gasteiger partial charge is 0.341 e. The number of primary amides is 1. The molecule has 4 rings (SSSR count). The Bertz CT molecular complexity index is 1440. The summed E-state index contributed by atoms with van der Waals surface area (Å²) in [6.45, 7) is 1.73. The SMILES string of the molecule is Cc1nc(-c2ccc(NS(=O)(=O)c3cc(Cl)ccc3Cl)cc2)nc2c1[c]nn2C(N)=O. The zero-order valence-corrected chi connectivity index (χ0v) is 18.1. The number of nitrogens with one attached hydrogen (secondary N) is 1. The summed E-state index contributed by atoms with van der Waals surface area (Å²) >= 11 is 11.9. The fourth-order valence-corrected chi connectivity index (χ4v) is 4.67. The Morgan fingerprint density at radius 1 is 1.13 bits per heavy atom. The van der Waals surface area contributed by atoms with Crippen LogP contribution < -0.4 is 10.5 Å². The van der Waals surface area contributed by atoms with Gasteiger partial charge in [0, 0.05) is 16.3 Å². The number of carbonyl (C=O) groups excluding carboxylic acids is 1. The van der Waals surface area contributed by atoms with E-state index in [0.29, 0.717) is 28.2 Å². The minimum atomic E-state index is -3.95. The number of anilines is 1. The molecule has 2 aromatic carbocycles. The Kier molecular flexibility index (Phi) is 5.29. The van der Waals surface area contributed by atoms with Crippen LogP contribution in [-0.4, -0.2) is 34.2 Å². The first kappa shape index (κ1) is 21.0. The first-order valence-corrected chi connectivity index (χ1v) is 10.9. The molecule has 157 valence electrons. The molecule has 0 fully saturated rings. The molecule has 4 aromatic rings. The summed E-state index contributed by atoms with van der Waals surface area (Å²) in [6, 6.07) is 9.74. The quantitative estimate of drug-likeness (QED) is 0.462. The van der Waals surface area contributed by atoms with Gasteiger partial charge in [-0.15, -0.1) is 0 Å². The molecule has 0 aliphatic rings. The van der Waals surface area contributed by atoms with Gasteiger partial charge < -0.3 is 5.73 Å². The van der Waals surface area contributed by atoms with Gasteiger partial charge >= 0.3 is 6.03 Å². The number of aryl methyl sites for hydroxylation is 1. The zero-order chi connectivity index (χ0) is 22.3. The van der Waals surface area contributed by atoms with E-state index in [1.807, 2.05) is 0 Å². The maximum atomic E-state index is 12.7. The molecule has 0 unspecified atom stereocenters. The summed E-state index contributed by atoms with van der Waals surface area (Å²) in [5, 5.41) is 4.58. The van der Waals surface area contributed by atoms with Crippen LogP contribution in [0.15, 0.2) is 47.4 Å². The number of hydrogen-bond acceptors (Lipinski definition) is 6. The van der Waals surface area contributed by atoms with E-state index in [1.54, 1.807) is 31.2 Å². The maximum Gasteiger partial charge on any atom is 0.341 e. The Morgan fingerprint density at radius 3 is 2.52 bits per heavy atom. The van der Waals surface area contributed by atoms with Gasteiger partial charge in [-0.2, -0.15) is 9.78 Å². The predicted octanol–water partition coefficient (Wildman–Crippen LogP) is 3.64. The van der Waals surface area contributed by atoms with Crippen LogP contribution in [0, 0.1) is 13.1 Å². The highest BCUT2D eigenvalue weighted by molar-refractivity contribution is 7.92. The minimum absolute atomic E-state index is 0.0496. The molecule has 0 saturated carbocycles. The topological polar surface area (TPSA) is 133 Å². The summed E-state index contributed by atoms with van der Waals surface area (Å²) in [5.74, 6) is 0.314. The van der Waals surface area contributed by atoms with Crippen LogP contribution in [0.5, 0.6) is 0 Å². The number of halogens is 2. The average Bonchev–Trinajstić information content (AvgIpc) is 3.15. The van der Waals surface area contributed by atoms with Crippen LogP contribution >= 0.6 is 23.2 Å². The molecular formula is C19H13Cl2N6O3S. The number of amides is 1. The number of aromatic nitrogens is 4.